The van der Waals surface area contributed by atoms with Gasteiger partial charge in [0.2, 0.25) is 0 Å². The van der Waals surface area contributed by atoms with E-state index >= 15 is 0 Å². The van der Waals surface area contributed by atoms with E-state index in [1.165, 1.54) is 10.8 Å². The summed E-state index contributed by atoms with van der Waals surface area (Å²) in [7, 11) is 0. The molecule has 2 heterocycles. The first-order valence-corrected chi connectivity index (χ1v) is 6.13. The van der Waals surface area contributed by atoms with Gasteiger partial charge in [-0.15, -0.1) is 0 Å². The Morgan fingerprint density at radius 3 is 2.84 bits per heavy atom. The Morgan fingerprint density at radius 2 is 2.26 bits per heavy atom. The molecule has 2 atom stereocenters. The zero-order valence-corrected chi connectivity index (χ0v) is 10.7. The van der Waals surface area contributed by atoms with E-state index in [1.807, 2.05) is 0 Å². The Kier molecular flexibility index (Phi) is 3.56. The summed E-state index contributed by atoms with van der Waals surface area (Å²) in [6.45, 7) is 3.37. The van der Waals surface area contributed by atoms with Crippen molar-refractivity contribution in [2.24, 2.45) is 5.92 Å². The van der Waals surface area contributed by atoms with Crippen LogP contribution >= 0.6 is 0 Å². The third kappa shape index (κ3) is 2.74. The minimum atomic E-state index is -4.22. The number of alkyl halides is 3. The molecule has 0 fully saturated rings. The molecule has 0 amide bonds. The first kappa shape index (κ1) is 13.9. The Hall–Kier alpha value is -1.53. The number of fused-ring (bicyclic) bond motifs is 1. The number of ether oxygens (including phenoxy) is 1. The summed E-state index contributed by atoms with van der Waals surface area (Å²) in [5.74, 6) is -1.80. The van der Waals surface area contributed by atoms with Crippen LogP contribution in [0.4, 0.5) is 13.2 Å². The molecule has 0 bridgehead atoms. The van der Waals surface area contributed by atoms with Crippen molar-refractivity contribution in [2.45, 2.75) is 38.9 Å². The average molecular weight is 276 g/mol. The second-order valence-corrected chi connectivity index (χ2v) is 4.73. The maximum Gasteiger partial charge on any atom is 0.393 e. The second kappa shape index (κ2) is 4.86. The molecule has 1 aliphatic rings. The van der Waals surface area contributed by atoms with Gasteiger partial charge in [-0.3, -0.25) is 0 Å². The fraction of sp³-hybridized carbons (Fsp3) is 0.667. The number of halogens is 3. The maximum atomic E-state index is 12.8. The van der Waals surface area contributed by atoms with Crippen LogP contribution in [0.1, 0.15) is 42.5 Å². The minimum absolute atomic E-state index is 0.00276. The summed E-state index contributed by atoms with van der Waals surface area (Å²) in [5, 5.41) is 0. The van der Waals surface area contributed by atoms with Crippen molar-refractivity contribution in [3.8, 4) is 0 Å². The second-order valence-electron chi connectivity index (χ2n) is 4.73. The first-order chi connectivity index (χ1) is 8.82. The van der Waals surface area contributed by atoms with Crippen LogP contribution in [0.3, 0.4) is 0 Å². The quantitative estimate of drug-likeness (QED) is 0.780. The summed E-state index contributed by atoms with van der Waals surface area (Å²) >= 11 is 0. The number of imidazole rings is 1. The molecule has 4 nitrogen and oxygen atoms in total. The molecule has 0 spiro atoms. The Morgan fingerprint density at radius 1 is 1.58 bits per heavy atom. The normalized spacial score (nSPS) is 23.0. The van der Waals surface area contributed by atoms with E-state index in [2.05, 4.69) is 4.98 Å². The van der Waals surface area contributed by atoms with E-state index in [0.29, 0.717) is 5.82 Å². The van der Waals surface area contributed by atoms with Crippen LogP contribution < -0.4 is 0 Å². The zero-order valence-electron chi connectivity index (χ0n) is 10.7. The van der Waals surface area contributed by atoms with Gasteiger partial charge >= 0.3 is 12.1 Å². The third-order valence-corrected chi connectivity index (χ3v) is 3.25. The van der Waals surface area contributed by atoms with E-state index in [-0.39, 0.29) is 31.2 Å². The summed E-state index contributed by atoms with van der Waals surface area (Å²) in [4.78, 5) is 15.6. The van der Waals surface area contributed by atoms with Crippen molar-refractivity contribution < 1.29 is 22.7 Å². The molecule has 0 N–H and O–H groups in total. The topological polar surface area (TPSA) is 44.1 Å². The molecule has 19 heavy (non-hydrogen) atoms. The minimum Gasteiger partial charge on any atom is -0.461 e. The molecule has 1 aliphatic heterocycles. The van der Waals surface area contributed by atoms with Gasteiger partial charge in [0.1, 0.15) is 5.82 Å². The highest BCUT2D eigenvalue weighted by Gasteiger charge is 2.43. The number of hydrogen-bond acceptors (Lipinski definition) is 3. The monoisotopic (exact) mass is 276 g/mol. The molecule has 0 radical (unpaired) electrons. The summed E-state index contributed by atoms with van der Waals surface area (Å²) in [6.07, 6.45) is -2.87. The van der Waals surface area contributed by atoms with Gasteiger partial charge in [-0.05, 0) is 13.3 Å². The molecule has 0 saturated heterocycles. The molecular formula is C12H15F3N2O2. The van der Waals surface area contributed by atoms with Gasteiger partial charge < -0.3 is 9.30 Å². The maximum absolute atomic E-state index is 12.8. The molecule has 0 unspecified atom stereocenters. The van der Waals surface area contributed by atoms with E-state index in [9.17, 15) is 18.0 Å². The molecule has 0 aromatic carbocycles. The van der Waals surface area contributed by atoms with Crippen molar-refractivity contribution in [1.29, 1.82) is 0 Å². The highest BCUT2D eigenvalue weighted by molar-refractivity contribution is 5.87. The van der Waals surface area contributed by atoms with Crippen LogP contribution in [0, 0.1) is 5.92 Å². The average Bonchev–Trinajstić information content (AvgIpc) is 2.72. The number of carbonyl (C=O) groups is 1. The van der Waals surface area contributed by atoms with Crippen LogP contribution in [0.2, 0.25) is 0 Å². The van der Waals surface area contributed by atoms with Crippen molar-refractivity contribution in [3.05, 3.63) is 17.7 Å². The van der Waals surface area contributed by atoms with Crippen LogP contribution in [-0.4, -0.2) is 28.3 Å². The molecule has 1 aromatic rings. The number of esters is 1. The van der Waals surface area contributed by atoms with Crippen LogP contribution in [-0.2, 0) is 11.3 Å². The SMILES string of the molecule is CCOC(=O)c1cn2c(n1)[C@@H](C)C[C@@H](C(F)(F)F)C2. The van der Waals surface area contributed by atoms with Gasteiger partial charge in [0.15, 0.2) is 5.69 Å². The van der Waals surface area contributed by atoms with Crippen molar-refractivity contribution >= 4 is 5.97 Å². The number of nitrogens with zero attached hydrogens (tertiary/aromatic N) is 2. The molecule has 1 aromatic heterocycles. The predicted molar refractivity (Wildman–Crippen MR) is 60.8 cm³/mol. The van der Waals surface area contributed by atoms with Crippen LogP contribution in [0.15, 0.2) is 6.20 Å². The molecule has 7 heteroatoms. The largest absolute Gasteiger partial charge is 0.461 e. The van der Waals surface area contributed by atoms with Crippen LogP contribution in [0.5, 0.6) is 0 Å². The molecule has 0 aliphatic carbocycles. The van der Waals surface area contributed by atoms with Gasteiger partial charge in [0.25, 0.3) is 0 Å². The third-order valence-electron chi connectivity index (χ3n) is 3.25. The van der Waals surface area contributed by atoms with E-state index in [0.717, 1.165) is 0 Å². The highest BCUT2D eigenvalue weighted by atomic mass is 19.4. The highest BCUT2D eigenvalue weighted by Crippen LogP contribution is 2.39. The van der Waals surface area contributed by atoms with Gasteiger partial charge in [-0.25, -0.2) is 9.78 Å². The van der Waals surface area contributed by atoms with Crippen molar-refractivity contribution in [1.82, 2.24) is 9.55 Å². The van der Waals surface area contributed by atoms with Gasteiger partial charge in [-0.2, -0.15) is 13.2 Å². The number of carbonyl (C=O) groups excluding carboxylic acids is 1. The Balaban J connectivity index is 2.26. The fourth-order valence-electron chi connectivity index (χ4n) is 2.35. The zero-order chi connectivity index (χ0) is 14.2. The summed E-state index contributed by atoms with van der Waals surface area (Å²) in [6, 6.07) is 0. The molecule has 0 saturated carbocycles. The smallest absolute Gasteiger partial charge is 0.393 e. The van der Waals surface area contributed by atoms with Crippen molar-refractivity contribution in [2.75, 3.05) is 6.61 Å². The van der Waals surface area contributed by atoms with E-state index in [1.54, 1.807) is 13.8 Å². The lowest BCUT2D eigenvalue weighted by molar-refractivity contribution is -0.183. The number of hydrogen-bond donors (Lipinski definition) is 0. The molecule has 2 rings (SSSR count). The predicted octanol–water partition coefficient (Wildman–Crippen LogP) is 2.75. The van der Waals surface area contributed by atoms with Gasteiger partial charge in [0.05, 0.1) is 12.5 Å². The number of aromatic nitrogens is 2. The van der Waals surface area contributed by atoms with Gasteiger partial charge in [-0.1, -0.05) is 6.92 Å². The lowest BCUT2D eigenvalue weighted by Crippen LogP contribution is -2.33. The Labute approximate surface area is 108 Å². The van der Waals surface area contributed by atoms with E-state index in [4.69, 9.17) is 4.74 Å². The Bertz CT molecular complexity index is 482. The standard InChI is InChI=1S/C12H15F3N2O2/c1-3-19-11(18)9-6-17-5-8(12(13,14)15)4-7(2)10(17)16-9/h6-8H,3-5H2,1-2H3/t7-,8+/m0/s1. The fourth-order valence-corrected chi connectivity index (χ4v) is 2.35. The van der Waals surface area contributed by atoms with E-state index < -0.39 is 18.1 Å². The van der Waals surface area contributed by atoms with Gasteiger partial charge in [0, 0.05) is 18.7 Å². The molecule has 106 valence electrons. The summed E-state index contributed by atoms with van der Waals surface area (Å²) < 4.78 is 44.5. The number of rotatable bonds is 2. The van der Waals surface area contributed by atoms with Crippen molar-refractivity contribution in [3.63, 3.8) is 0 Å². The van der Waals surface area contributed by atoms with Crippen LogP contribution in [0.25, 0.3) is 0 Å². The summed E-state index contributed by atoms with van der Waals surface area (Å²) in [5.41, 5.74) is 0.0755. The lowest BCUT2D eigenvalue weighted by Gasteiger charge is -2.29. The first-order valence-electron chi connectivity index (χ1n) is 6.13. The molecular weight excluding hydrogens is 261 g/mol. The lowest BCUT2D eigenvalue weighted by atomic mass is 9.91.